The van der Waals surface area contributed by atoms with Crippen LogP contribution in [0.4, 0.5) is 0 Å². The minimum atomic E-state index is 0.984. The Bertz CT molecular complexity index is 168. The first-order valence-corrected chi connectivity index (χ1v) is 5.06. The fourth-order valence-electron chi connectivity index (χ4n) is 2.52. The quantitative estimate of drug-likeness (QED) is 0.462. The van der Waals surface area contributed by atoms with Crippen LogP contribution in [-0.2, 0) is 0 Å². The second kappa shape index (κ2) is 3.00. The van der Waals surface area contributed by atoms with E-state index in [1.807, 2.05) is 11.1 Å². The molecule has 0 aromatic rings. The highest BCUT2D eigenvalue weighted by Crippen LogP contribution is 2.37. The highest BCUT2D eigenvalue weighted by Gasteiger charge is 2.19. The first kappa shape index (κ1) is 7.39. The molecule has 0 heterocycles. The van der Waals surface area contributed by atoms with E-state index in [0.717, 1.165) is 5.92 Å². The molecule has 0 aliphatic heterocycles. The summed E-state index contributed by atoms with van der Waals surface area (Å²) in [5, 5.41) is 0. The average molecular weight is 150 g/mol. The van der Waals surface area contributed by atoms with Gasteiger partial charge in [-0.1, -0.05) is 18.1 Å². The zero-order chi connectivity index (χ0) is 7.68. The molecule has 0 spiro atoms. The van der Waals surface area contributed by atoms with Gasteiger partial charge in [0.2, 0.25) is 0 Å². The third-order valence-electron chi connectivity index (χ3n) is 3.24. The minimum absolute atomic E-state index is 0.984. The smallest absolute Gasteiger partial charge is 0.0292 e. The van der Waals surface area contributed by atoms with Gasteiger partial charge in [0.1, 0.15) is 0 Å². The van der Waals surface area contributed by atoms with Crippen molar-refractivity contribution in [2.24, 2.45) is 5.92 Å². The molecule has 2 rings (SSSR count). The average Bonchev–Trinajstić information content (AvgIpc) is 2.55. The molecule has 0 aromatic carbocycles. The van der Waals surface area contributed by atoms with Crippen LogP contribution in [0.15, 0.2) is 11.1 Å². The summed E-state index contributed by atoms with van der Waals surface area (Å²) in [5.41, 5.74) is 3.68. The van der Waals surface area contributed by atoms with Crippen molar-refractivity contribution in [3.05, 3.63) is 11.1 Å². The standard InChI is InChI=1S/C11H18/c1-9-6-7-11(8-9)10-4-2-3-5-10/h9H,2-8H2,1H3/t9-/m0/s1. The van der Waals surface area contributed by atoms with Gasteiger partial charge < -0.3 is 0 Å². The van der Waals surface area contributed by atoms with Crippen LogP contribution in [-0.4, -0.2) is 0 Å². The Hall–Kier alpha value is -0.260. The molecule has 11 heavy (non-hydrogen) atoms. The van der Waals surface area contributed by atoms with Crippen LogP contribution >= 0.6 is 0 Å². The molecule has 0 bridgehead atoms. The highest BCUT2D eigenvalue weighted by molar-refractivity contribution is 5.19. The molecule has 1 atom stereocenters. The van der Waals surface area contributed by atoms with Gasteiger partial charge in [-0.3, -0.25) is 0 Å². The maximum atomic E-state index is 2.39. The zero-order valence-electron chi connectivity index (χ0n) is 7.53. The Morgan fingerprint density at radius 3 is 2.27 bits per heavy atom. The van der Waals surface area contributed by atoms with Gasteiger partial charge >= 0.3 is 0 Å². The van der Waals surface area contributed by atoms with E-state index in [-0.39, 0.29) is 0 Å². The van der Waals surface area contributed by atoms with E-state index in [0.29, 0.717) is 0 Å². The van der Waals surface area contributed by atoms with E-state index in [1.165, 1.54) is 44.9 Å². The van der Waals surface area contributed by atoms with Gasteiger partial charge in [0.25, 0.3) is 0 Å². The number of rotatable bonds is 0. The first-order chi connectivity index (χ1) is 5.36. The predicted molar refractivity (Wildman–Crippen MR) is 48.5 cm³/mol. The van der Waals surface area contributed by atoms with Gasteiger partial charge in [-0.15, -0.1) is 0 Å². The van der Waals surface area contributed by atoms with Crippen LogP contribution in [0, 0.1) is 5.92 Å². The molecule has 0 saturated heterocycles. The Balaban J connectivity index is 2.07. The van der Waals surface area contributed by atoms with Gasteiger partial charge in [-0.05, 0) is 50.9 Å². The van der Waals surface area contributed by atoms with Crippen molar-refractivity contribution in [1.29, 1.82) is 0 Å². The lowest BCUT2D eigenvalue weighted by Crippen LogP contribution is -1.84. The molecule has 62 valence electrons. The molecule has 0 aromatic heterocycles. The monoisotopic (exact) mass is 150 g/mol. The second-order valence-electron chi connectivity index (χ2n) is 4.26. The van der Waals surface area contributed by atoms with Crippen LogP contribution in [0.5, 0.6) is 0 Å². The van der Waals surface area contributed by atoms with Gasteiger partial charge in [-0.2, -0.15) is 0 Å². The largest absolute Gasteiger partial charge is 0.0710 e. The van der Waals surface area contributed by atoms with E-state index in [2.05, 4.69) is 6.92 Å². The van der Waals surface area contributed by atoms with Gasteiger partial charge in [0.05, 0.1) is 0 Å². The number of hydrogen-bond acceptors (Lipinski definition) is 0. The van der Waals surface area contributed by atoms with Crippen LogP contribution < -0.4 is 0 Å². The van der Waals surface area contributed by atoms with Crippen molar-refractivity contribution in [2.75, 3.05) is 0 Å². The van der Waals surface area contributed by atoms with E-state index >= 15 is 0 Å². The molecule has 0 unspecified atom stereocenters. The summed E-state index contributed by atoms with van der Waals surface area (Å²) >= 11 is 0. The SMILES string of the molecule is C[C@H]1CCC(=C2CCCC2)C1. The lowest BCUT2D eigenvalue weighted by Gasteiger charge is -2.02. The summed E-state index contributed by atoms with van der Waals surface area (Å²) in [7, 11) is 0. The minimum Gasteiger partial charge on any atom is -0.0710 e. The molecule has 0 N–H and O–H groups in total. The lowest BCUT2D eigenvalue weighted by atomic mass is 10.0. The summed E-state index contributed by atoms with van der Waals surface area (Å²) in [6.45, 7) is 2.39. The van der Waals surface area contributed by atoms with Crippen LogP contribution in [0.1, 0.15) is 51.9 Å². The zero-order valence-corrected chi connectivity index (χ0v) is 7.53. The lowest BCUT2D eigenvalue weighted by molar-refractivity contribution is 0.619. The van der Waals surface area contributed by atoms with Crippen molar-refractivity contribution in [1.82, 2.24) is 0 Å². The predicted octanol–water partition coefficient (Wildman–Crippen LogP) is 3.68. The maximum Gasteiger partial charge on any atom is -0.0292 e. The molecule has 0 amide bonds. The Morgan fingerprint density at radius 1 is 1.00 bits per heavy atom. The van der Waals surface area contributed by atoms with Gasteiger partial charge in [-0.25, -0.2) is 0 Å². The van der Waals surface area contributed by atoms with E-state index in [4.69, 9.17) is 0 Å². The van der Waals surface area contributed by atoms with Crippen molar-refractivity contribution >= 4 is 0 Å². The van der Waals surface area contributed by atoms with Crippen LogP contribution in [0.2, 0.25) is 0 Å². The van der Waals surface area contributed by atoms with Crippen LogP contribution in [0.3, 0.4) is 0 Å². The maximum absolute atomic E-state index is 2.39. The normalized spacial score (nSPS) is 31.9. The molecule has 2 aliphatic rings. The van der Waals surface area contributed by atoms with Crippen molar-refractivity contribution in [2.45, 2.75) is 51.9 Å². The molecule has 2 aliphatic carbocycles. The first-order valence-electron chi connectivity index (χ1n) is 5.06. The molecular formula is C11H18. The second-order valence-corrected chi connectivity index (χ2v) is 4.26. The fraction of sp³-hybridized carbons (Fsp3) is 0.818. The third-order valence-corrected chi connectivity index (χ3v) is 3.24. The van der Waals surface area contributed by atoms with Crippen LogP contribution in [0.25, 0.3) is 0 Å². The summed E-state index contributed by atoms with van der Waals surface area (Å²) in [6, 6.07) is 0. The van der Waals surface area contributed by atoms with Crippen molar-refractivity contribution < 1.29 is 0 Å². The topological polar surface area (TPSA) is 0 Å². The number of allylic oxidation sites excluding steroid dienone is 2. The number of hydrogen-bond donors (Lipinski definition) is 0. The molecule has 2 fully saturated rings. The fourth-order valence-corrected chi connectivity index (χ4v) is 2.52. The van der Waals surface area contributed by atoms with E-state index < -0.39 is 0 Å². The summed E-state index contributed by atoms with van der Waals surface area (Å²) in [4.78, 5) is 0. The summed E-state index contributed by atoms with van der Waals surface area (Å²) < 4.78 is 0. The highest BCUT2D eigenvalue weighted by atomic mass is 14.3. The van der Waals surface area contributed by atoms with Crippen molar-refractivity contribution in [3.63, 3.8) is 0 Å². The summed E-state index contributed by atoms with van der Waals surface area (Å²) in [5.74, 6) is 0.984. The molecule has 0 heteroatoms. The van der Waals surface area contributed by atoms with E-state index in [1.54, 1.807) is 0 Å². The molecule has 2 saturated carbocycles. The van der Waals surface area contributed by atoms with Crippen molar-refractivity contribution in [3.8, 4) is 0 Å². The summed E-state index contributed by atoms with van der Waals surface area (Å²) in [6.07, 6.45) is 10.1. The Kier molecular flexibility index (Phi) is 2.02. The van der Waals surface area contributed by atoms with Gasteiger partial charge in [0, 0.05) is 0 Å². The Labute approximate surface area is 69.7 Å². The molecule has 0 nitrogen and oxygen atoms in total. The molecular weight excluding hydrogens is 132 g/mol. The molecule has 0 radical (unpaired) electrons. The van der Waals surface area contributed by atoms with E-state index in [9.17, 15) is 0 Å². The third kappa shape index (κ3) is 1.50. The van der Waals surface area contributed by atoms with Gasteiger partial charge in [0.15, 0.2) is 0 Å². The Morgan fingerprint density at radius 2 is 1.73 bits per heavy atom.